The minimum absolute atomic E-state index is 0.00846. The van der Waals surface area contributed by atoms with Crippen molar-refractivity contribution in [3.8, 4) is 34.5 Å². The predicted octanol–water partition coefficient (Wildman–Crippen LogP) is 13.4. The highest BCUT2D eigenvalue weighted by Crippen LogP contribution is 2.24. The number of nitrogens with one attached hydrogen (secondary N) is 4. The Morgan fingerprint density at radius 2 is 0.654 bits per heavy atom. The third kappa shape index (κ3) is 44.9. The largest absolute Gasteiger partial charge is 0.497 e. The van der Waals surface area contributed by atoms with Crippen LogP contribution in [0.5, 0.6) is 34.5 Å². The number of para-hydroxylation sites is 4. The first-order valence-corrected chi connectivity index (χ1v) is 33.9. The Kier molecular flexibility index (Phi) is 46.6. The molecule has 576 valence electrons. The van der Waals surface area contributed by atoms with Crippen LogP contribution in [0.3, 0.4) is 0 Å². The van der Waals surface area contributed by atoms with Crippen molar-refractivity contribution in [2.45, 2.75) is 107 Å². The molecule has 0 saturated carbocycles. The number of ketones is 1. The van der Waals surface area contributed by atoms with Crippen LogP contribution in [0.25, 0.3) is 0 Å². The summed E-state index contributed by atoms with van der Waals surface area (Å²) in [7, 11) is 4.53. The molecule has 8 rings (SSSR count). The van der Waals surface area contributed by atoms with Gasteiger partial charge in [0.1, 0.15) is 46.7 Å². The first kappa shape index (κ1) is 92.9. The van der Waals surface area contributed by atoms with Gasteiger partial charge in [0.05, 0.1) is 40.8 Å². The van der Waals surface area contributed by atoms with Crippen LogP contribution in [0.1, 0.15) is 93.7 Å². The average molecular weight is 1480 g/mol. The number of aliphatic carboxylic acids is 2. The number of benzene rings is 8. The molecule has 0 aliphatic rings. The molecule has 0 aliphatic carbocycles. The van der Waals surface area contributed by atoms with Crippen LogP contribution in [-0.4, -0.2) is 130 Å². The maximum Gasteiger partial charge on any atom is 0.343 e. The van der Waals surface area contributed by atoms with E-state index in [1.807, 2.05) is 152 Å². The minimum atomic E-state index is -0.964. The molecule has 25 heteroatoms. The number of anilines is 4. The lowest BCUT2D eigenvalue weighted by Gasteiger charge is -2.19. The number of hydrogen-bond acceptors (Lipinski definition) is 19. The number of nitrogens with two attached hydrogens (primary N) is 2. The van der Waals surface area contributed by atoms with Gasteiger partial charge in [-0.05, 0) is 182 Å². The molecule has 0 saturated heterocycles. The topological polar surface area (TPSA) is 368 Å². The molecule has 10 N–H and O–H groups in total. The van der Waals surface area contributed by atoms with Crippen molar-refractivity contribution in [2.24, 2.45) is 11.5 Å². The normalized spacial score (nSPS) is 9.72. The molecule has 8 aromatic rings. The lowest BCUT2D eigenvalue weighted by atomic mass is 10.1. The van der Waals surface area contributed by atoms with Gasteiger partial charge in [-0.25, -0.2) is 14.4 Å². The summed E-state index contributed by atoms with van der Waals surface area (Å²) in [5.41, 5.74) is 19.2. The van der Waals surface area contributed by atoms with Gasteiger partial charge in [0.25, 0.3) is 0 Å². The van der Waals surface area contributed by atoms with Crippen molar-refractivity contribution in [3.63, 3.8) is 0 Å². The van der Waals surface area contributed by atoms with E-state index in [9.17, 15) is 43.2 Å². The Bertz CT molecular complexity index is 3910. The average Bonchev–Trinajstić information content (AvgIpc) is 0.890. The van der Waals surface area contributed by atoms with Crippen LogP contribution in [0, 0.1) is 41.5 Å². The molecule has 0 aromatic heterocycles. The molecule has 0 spiro atoms. The van der Waals surface area contributed by atoms with Gasteiger partial charge in [-0.3, -0.25) is 28.8 Å². The van der Waals surface area contributed by atoms with Gasteiger partial charge in [0.15, 0.2) is 25.6 Å². The molecule has 25 nitrogen and oxygen atoms in total. The highest BCUT2D eigenvalue weighted by molar-refractivity contribution is 5.95. The van der Waals surface area contributed by atoms with E-state index in [0.717, 1.165) is 56.4 Å². The van der Waals surface area contributed by atoms with E-state index in [-0.39, 0.29) is 107 Å². The number of amides is 4. The molecule has 0 atom stereocenters. The Morgan fingerprint density at radius 1 is 0.355 bits per heavy atom. The summed E-state index contributed by atoms with van der Waals surface area (Å²) in [4.78, 5) is 99.8. The Hall–Kier alpha value is -12.1. The highest BCUT2D eigenvalue weighted by Gasteiger charge is 2.18. The molecule has 0 fully saturated rings. The van der Waals surface area contributed by atoms with Gasteiger partial charge in [0.2, 0.25) is 23.6 Å². The number of methoxy groups -OCH3 is 3. The lowest BCUT2D eigenvalue weighted by molar-refractivity contribution is -0.155. The van der Waals surface area contributed by atoms with E-state index < -0.39 is 17.5 Å². The molecule has 0 radical (unpaired) electrons. The SMILES string of the molecule is CC.COC(=O)COc1ccccc1.COc1ccc(NC(=O)CCC(=O)COc2ccccc2)c(C)c1.COc1ccc(NC(=O)CN)c(C)c1.Cc1ccc(NC(=O)CCC(=O)OC(C)(C)C)c(C)c1.Cc1ccc(NC(=O)CN)c(C)c1.O=C(O)COc1ccccc1.O=C(O)COc1ccccc1. The summed E-state index contributed by atoms with van der Waals surface area (Å²) in [6, 6.07) is 58.4. The maximum absolute atomic E-state index is 12.0. The van der Waals surface area contributed by atoms with Crippen molar-refractivity contribution in [1.29, 1.82) is 0 Å². The Morgan fingerprint density at radius 3 is 0.944 bits per heavy atom. The van der Waals surface area contributed by atoms with Gasteiger partial charge in [-0.1, -0.05) is 122 Å². The fraction of sp³-hybridized carbons (Fsp3) is 0.305. The van der Waals surface area contributed by atoms with Crippen LogP contribution >= 0.6 is 0 Å². The third-order valence-electron chi connectivity index (χ3n) is 13.4. The second kappa shape index (κ2) is 53.7. The van der Waals surface area contributed by atoms with E-state index in [0.29, 0.717) is 28.7 Å². The van der Waals surface area contributed by atoms with Gasteiger partial charge in [-0.2, -0.15) is 0 Å². The summed E-state index contributed by atoms with van der Waals surface area (Å²) in [6.45, 7) is 20.5. The number of esters is 2. The third-order valence-corrected chi connectivity index (χ3v) is 13.4. The van der Waals surface area contributed by atoms with Crippen LogP contribution in [0.15, 0.2) is 194 Å². The molecular formula is C82H104N6O19. The summed E-state index contributed by atoms with van der Waals surface area (Å²) in [5, 5.41) is 27.5. The quantitative estimate of drug-likeness (QED) is 0.0233. The molecule has 0 aliphatic heterocycles. The van der Waals surface area contributed by atoms with Crippen molar-refractivity contribution in [3.05, 3.63) is 228 Å². The number of ether oxygens (including phenoxy) is 8. The standard InChI is InChI=1S/C19H21NO4.C16H23NO3.C10H14N2O2.C10H14N2O.C9H10O3.2C8H8O3.C2H6/c1-14-12-17(23-2)9-10-18(14)20-19(22)11-8-15(21)13-24-16-6-4-3-5-7-16;1-11-6-7-13(12(2)10-11)17-14(18)8-9-15(19)20-16(3,4)5;1-7-5-8(14-2)3-4-9(7)12-10(13)6-11;1-7-3-4-9(8(2)5-7)12-10(13)6-11;1-11-9(10)7-12-8-5-3-2-4-6-8;2*9-8(10)6-11-7-4-2-1-3-5-7;1-2/h3-7,9-10,12H,8,11,13H2,1-2H3,(H,20,22);6-7,10H,8-9H2,1-5H3,(H,17,18);3-5H,6,11H2,1-2H3,(H,12,13);3-5H,6,11H2,1-2H3,(H,12,13);2-6H,7H2,1H3;2*1-5H,6H2,(H,9,10);1-2H3. The van der Waals surface area contributed by atoms with E-state index in [1.54, 1.807) is 132 Å². The van der Waals surface area contributed by atoms with Crippen molar-refractivity contribution < 1.29 is 91.3 Å². The molecule has 0 heterocycles. The number of carboxylic acids is 2. The van der Waals surface area contributed by atoms with E-state index in [4.69, 9.17) is 54.8 Å². The molecule has 0 unspecified atom stereocenters. The van der Waals surface area contributed by atoms with Gasteiger partial charge in [0, 0.05) is 42.0 Å². The first-order valence-electron chi connectivity index (χ1n) is 33.9. The summed E-state index contributed by atoms with van der Waals surface area (Å²) in [5.74, 6) is 0.475. The van der Waals surface area contributed by atoms with Crippen LogP contribution < -0.4 is 61.2 Å². The van der Waals surface area contributed by atoms with Crippen molar-refractivity contribution in [1.82, 2.24) is 0 Å². The number of hydrogen-bond donors (Lipinski definition) is 8. The second-order valence-corrected chi connectivity index (χ2v) is 23.5. The number of Topliss-reactive ketones (excluding diaryl/α,β-unsaturated/α-hetero) is 1. The minimum Gasteiger partial charge on any atom is -0.497 e. The van der Waals surface area contributed by atoms with E-state index in [2.05, 4.69) is 26.0 Å². The number of aryl methyl sites for hydroxylation is 6. The van der Waals surface area contributed by atoms with E-state index >= 15 is 0 Å². The number of rotatable bonds is 26. The maximum atomic E-state index is 12.0. The lowest BCUT2D eigenvalue weighted by Crippen LogP contribution is -2.24. The van der Waals surface area contributed by atoms with Gasteiger partial charge in [-0.15, -0.1) is 0 Å². The zero-order valence-corrected chi connectivity index (χ0v) is 63.5. The molecule has 8 aromatic carbocycles. The van der Waals surface area contributed by atoms with Crippen LogP contribution in [-0.2, 0) is 52.6 Å². The van der Waals surface area contributed by atoms with Crippen LogP contribution in [0.4, 0.5) is 22.7 Å². The monoisotopic (exact) mass is 1480 g/mol. The summed E-state index contributed by atoms with van der Waals surface area (Å²) < 4.78 is 39.9. The van der Waals surface area contributed by atoms with Crippen molar-refractivity contribution in [2.75, 3.05) is 82.1 Å². The molecule has 0 bridgehead atoms. The Balaban J connectivity index is 0.000000634. The molecule has 107 heavy (non-hydrogen) atoms. The fourth-order valence-corrected chi connectivity index (χ4v) is 8.20. The number of carbonyl (C=O) groups excluding carboxylic acids is 7. The van der Waals surface area contributed by atoms with E-state index in [1.165, 1.54) is 12.7 Å². The summed E-state index contributed by atoms with van der Waals surface area (Å²) in [6.07, 6.45) is 0.493. The Labute approximate surface area is 627 Å². The second-order valence-electron chi connectivity index (χ2n) is 23.5. The first-order chi connectivity index (χ1) is 50.9. The number of carboxylic acid groups (broad SMARTS) is 2. The van der Waals surface area contributed by atoms with Crippen molar-refractivity contribution >= 4 is 76.0 Å². The number of carbonyl (C=O) groups is 9. The fourth-order valence-electron chi connectivity index (χ4n) is 8.20. The molecular weight excluding hydrogens is 1370 g/mol. The van der Waals surface area contributed by atoms with Gasteiger partial charge >= 0.3 is 23.9 Å². The van der Waals surface area contributed by atoms with Crippen LogP contribution in [0.2, 0.25) is 0 Å². The predicted molar refractivity (Wildman–Crippen MR) is 416 cm³/mol. The highest BCUT2D eigenvalue weighted by atomic mass is 16.6. The molecule has 4 amide bonds. The summed E-state index contributed by atoms with van der Waals surface area (Å²) >= 11 is 0. The zero-order chi connectivity index (χ0) is 80.1. The van der Waals surface area contributed by atoms with Gasteiger partial charge < -0.3 is 80.8 Å². The smallest absolute Gasteiger partial charge is 0.343 e. The zero-order valence-electron chi connectivity index (χ0n) is 63.5.